The third kappa shape index (κ3) is 2.58. The van der Waals surface area contributed by atoms with Crippen molar-refractivity contribution >= 4 is 5.82 Å². The Kier molecular flexibility index (Phi) is 3.41. The average Bonchev–Trinajstić information content (AvgIpc) is 2.95. The number of hydrogen-bond donors (Lipinski definition) is 1. The van der Waals surface area contributed by atoms with E-state index in [-0.39, 0.29) is 5.56 Å². The maximum absolute atomic E-state index is 11.6. The van der Waals surface area contributed by atoms with Crippen LogP contribution in [0.3, 0.4) is 0 Å². The molecule has 0 atom stereocenters. The van der Waals surface area contributed by atoms with E-state index < -0.39 is 0 Å². The van der Waals surface area contributed by atoms with Crippen LogP contribution in [0.5, 0.6) is 0 Å². The van der Waals surface area contributed by atoms with Gasteiger partial charge in [-0.05, 0) is 30.5 Å². The number of rotatable bonds is 2. The van der Waals surface area contributed by atoms with Crippen LogP contribution in [0.25, 0.3) is 22.5 Å². The molecule has 2 aromatic heterocycles. The first-order valence-corrected chi connectivity index (χ1v) is 7.99. The lowest BCUT2D eigenvalue weighted by Crippen LogP contribution is -2.13. The van der Waals surface area contributed by atoms with Gasteiger partial charge in [0.25, 0.3) is 5.56 Å². The van der Waals surface area contributed by atoms with Crippen molar-refractivity contribution < 1.29 is 0 Å². The van der Waals surface area contributed by atoms with Gasteiger partial charge < -0.3 is 9.88 Å². The van der Waals surface area contributed by atoms with E-state index in [0.29, 0.717) is 11.5 Å². The molecule has 24 heavy (non-hydrogen) atoms. The van der Waals surface area contributed by atoms with Crippen molar-refractivity contribution in [1.82, 2.24) is 15.0 Å². The fraction of sp³-hybridized carbons (Fsp3) is 0.211. The van der Waals surface area contributed by atoms with Crippen LogP contribution in [0.4, 0.5) is 5.82 Å². The maximum atomic E-state index is 11.6. The molecular weight excluding hydrogens is 300 g/mol. The molecule has 0 saturated carbocycles. The third-order valence-corrected chi connectivity index (χ3v) is 4.38. The van der Waals surface area contributed by atoms with E-state index in [4.69, 9.17) is 0 Å². The Morgan fingerprint density at radius 3 is 2.58 bits per heavy atom. The molecule has 5 nitrogen and oxygen atoms in total. The van der Waals surface area contributed by atoms with E-state index in [9.17, 15) is 4.79 Å². The molecule has 1 N–H and O–H groups in total. The molecule has 1 aromatic carbocycles. The largest absolute Gasteiger partial charge is 0.359 e. The van der Waals surface area contributed by atoms with Crippen LogP contribution in [0.2, 0.25) is 0 Å². The van der Waals surface area contributed by atoms with Gasteiger partial charge >= 0.3 is 0 Å². The first-order valence-electron chi connectivity index (χ1n) is 7.99. The number of H-pyrrole nitrogens is 1. The second-order valence-corrected chi connectivity index (χ2v) is 6.19. The van der Waals surface area contributed by atoms with Gasteiger partial charge in [-0.1, -0.05) is 24.3 Å². The minimum atomic E-state index is -0.131. The highest BCUT2D eigenvalue weighted by Crippen LogP contribution is 2.29. The van der Waals surface area contributed by atoms with Gasteiger partial charge in [-0.15, -0.1) is 0 Å². The Morgan fingerprint density at radius 2 is 1.83 bits per heavy atom. The van der Waals surface area contributed by atoms with Gasteiger partial charge in [0.15, 0.2) is 0 Å². The van der Waals surface area contributed by atoms with Crippen molar-refractivity contribution in [2.24, 2.45) is 0 Å². The summed E-state index contributed by atoms with van der Waals surface area (Å²) in [5.41, 5.74) is 5.00. The van der Waals surface area contributed by atoms with Crippen molar-refractivity contribution in [3.05, 3.63) is 64.2 Å². The number of nitrogens with zero attached hydrogens (tertiary/aromatic N) is 3. The van der Waals surface area contributed by atoms with Gasteiger partial charge in [0, 0.05) is 42.7 Å². The highest BCUT2D eigenvalue weighted by molar-refractivity contribution is 5.70. The lowest BCUT2D eigenvalue weighted by molar-refractivity contribution is 0.945. The van der Waals surface area contributed by atoms with Crippen LogP contribution >= 0.6 is 0 Å². The van der Waals surface area contributed by atoms with Gasteiger partial charge in [-0.2, -0.15) is 0 Å². The van der Waals surface area contributed by atoms with E-state index >= 15 is 0 Å². The zero-order valence-corrected chi connectivity index (χ0v) is 13.7. The SMILES string of the molecule is Cc1cc(=O)[nH]c(-c2ccc(-c3cnc4c(c3)CCN4C)cc2)n1. The maximum Gasteiger partial charge on any atom is 0.251 e. The molecule has 3 heterocycles. The molecule has 0 aliphatic carbocycles. The summed E-state index contributed by atoms with van der Waals surface area (Å²) in [6.45, 7) is 2.84. The van der Waals surface area contributed by atoms with Crippen LogP contribution in [-0.4, -0.2) is 28.5 Å². The van der Waals surface area contributed by atoms with E-state index in [1.165, 1.54) is 11.6 Å². The molecule has 0 saturated heterocycles. The number of hydrogen-bond acceptors (Lipinski definition) is 4. The molecular formula is C19H18N4O. The van der Waals surface area contributed by atoms with Gasteiger partial charge in [0.1, 0.15) is 11.6 Å². The zero-order chi connectivity index (χ0) is 16.7. The fourth-order valence-electron chi connectivity index (χ4n) is 3.12. The molecule has 0 fully saturated rings. The number of benzene rings is 1. The Hall–Kier alpha value is -2.95. The lowest BCUT2D eigenvalue weighted by atomic mass is 10.0. The summed E-state index contributed by atoms with van der Waals surface area (Å²) in [6.07, 6.45) is 2.96. The Balaban J connectivity index is 1.68. The zero-order valence-electron chi connectivity index (χ0n) is 13.7. The number of aryl methyl sites for hydroxylation is 1. The molecule has 0 bridgehead atoms. The number of fused-ring (bicyclic) bond motifs is 1. The van der Waals surface area contributed by atoms with E-state index in [1.807, 2.05) is 37.4 Å². The van der Waals surface area contributed by atoms with Crippen molar-refractivity contribution in [2.75, 3.05) is 18.5 Å². The molecule has 0 spiro atoms. The number of aromatic amines is 1. The summed E-state index contributed by atoms with van der Waals surface area (Å²) in [4.78, 5) is 25.5. The van der Waals surface area contributed by atoms with Gasteiger partial charge in [0.05, 0.1) is 0 Å². The summed E-state index contributed by atoms with van der Waals surface area (Å²) in [7, 11) is 2.07. The second-order valence-electron chi connectivity index (χ2n) is 6.19. The number of aromatic nitrogens is 3. The highest BCUT2D eigenvalue weighted by Gasteiger charge is 2.17. The van der Waals surface area contributed by atoms with Crippen LogP contribution in [0.1, 0.15) is 11.3 Å². The quantitative estimate of drug-likeness (QED) is 0.789. The van der Waals surface area contributed by atoms with Crippen molar-refractivity contribution in [1.29, 1.82) is 0 Å². The fourth-order valence-corrected chi connectivity index (χ4v) is 3.12. The smallest absolute Gasteiger partial charge is 0.251 e. The molecule has 4 rings (SSSR count). The molecule has 1 aliphatic rings. The summed E-state index contributed by atoms with van der Waals surface area (Å²) < 4.78 is 0. The molecule has 0 amide bonds. The minimum Gasteiger partial charge on any atom is -0.359 e. The predicted molar refractivity (Wildman–Crippen MR) is 95.2 cm³/mol. The number of likely N-dealkylation sites (N-methyl/N-ethyl adjacent to an activating group) is 1. The molecule has 120 valence electrons. The first kappa shape index (κ1) is 14.6. The summed E-state index contributed by atoms with van der Waals surface area (Å²) >= 11 is 0. The van der Waals surface area contributed by atoms with Crippen LogP contribution < -0.4 is 10.5 Å². The van der Waals surface area contributed by atoms with Gasteiger partial charge in [0.2, 0.25) is 0 Å². The van der Waals surface area contributed by atoms with E-state index in [2.05, 4.69) is 33.0 Å². The first-order chi connectivity index (χ1) is 11.6. The standard InChI is InChI=1S/C19H18N4O/c1-12-9-17(24)22-18(21-12)14-5-3-13(4-6-14)16-10-15-7-8-23(2)19(15)20-11-16/h3-6,9-11H,7-8H2,1-2H3,(H,21,22,24). The topological polar surface area (TPSA) is 61.9 Å². The normalized spacial score (nSPS) is 13.2. The summed E-state index contributed by atoms with van der Waals surface area (Å²) in [5.74, 6) is 1.68. The third-order valence-electron chi connectivity index (χ3n) is 4.38. The van der Waals surface area contributed by atoms with E-state index in [0.717, 1.165) is 35.5 Å². The number of nitrogens with one attached hydrogen (secondary N) is 1. The minimum absolute atomic E-state index is 0.131. The van der Waals surface area contributed by atoms with Crippen LogP contribution in [0, 0.1) is 6.92 Å². The lowest BCUT2D eigenvalue weighted by Gasteiger charge is -2.11. The summed E-state index contributed by atoms with van der Waals surface area (Å²) in [5, 5.41) is 0. The molecule has 0 radical (unpaired) electrons. The average molecular weight is 318 g/mol. The van der Waals surface area contributed by atoms with Crippen LogP contribution in [-0.2, 0) is 6.42 Å². The Labute approximate surface area is 140 Å². The van der Waals surface area contributed by atoms with E-state index in [1.54, 1.807) is 0 Å². The molecule has 1 aliphatic heterocycles. The Bertz CT molecular complexity index is 960. The Morgan fingerprint density at radius 1 is 1.08 bits per heavy atom. The highest BCUT2D eigenvalue weighted by atomic mass is 16.1. The molecule has 5 heteroatoms. The van der Waals surface area contributed by atoms with Crippen molar-refractivity contribution in [3.8, 4) is 22.5 Å². The van der Waals surface area contributed by atoms with Crippen LogP contribution in [0.15, 0.2) is 47.4 Å². The van der Waals surface area contributed by atoms with Crippen molar-refractivity contribution in [3.63, 3.8) is 0 Å². The predicted octanol–water partition coefficient (Wildman–Crippen LogP) is 2.80. The molecule has 3 aromatic rings. The van der Waals surface area contributed by atoms with Gasteiger partial charge in [-0.25, -0.2) is 9.97 Å². The van der Waals surface area contributed by atoms with Crippen molar-refractivity contribution in [2.45, 2.75) is 13.3 Å². The summed E-state index contributed by atoms with van der Waals surface area (Å²) in [6, 6.07) is 11.7. The number of pyridine rings is 1. The molecule has 0 unspecified atom stereocenters. The van der Waals surface area contributed by atoms with Gasteiger partial charge in [-0.3, -0.25) is 4.79 Å². The monoisotopic (exact) mass is 318 g/mol. The second kappa shape index (κ2) is 5.60. The number of anilines is 1.